The molecule has 0 aromatic rings. The van der Waals surface area contributed by atoms with Gasteiger partial charge in [0, 0.05) is 43.8 Å². The number of hydrogen-bond acceptors (Lipinski definition) is 5. The Labute approximate surface area is 155 Å². The Hall–Kier alpha value is -0.790. The number of thioether (sulfide) groups is 1. The summed E-state index contributed by atoms with van der Waals surface area (Å²) in [7, 11) is 0. The van der Waals surface area contributed by atoms with Crippen LogP contribution >= 0.6 is 11.8 Å². The Balaban J connectivity index is 1.61. The largest absolute Gasteiger partial charge is 0.368 e. The summed E-state index contributed by atoms with van der Waals surface area (Å²) in [4.78, 5) is 28.3. The fourth-order valence-electron chi connectivity index (χ4n) is 4.33. The highest BCUT2D eigenvalue weighted by Gasteiger charge is 2.44. The summed E-state index contributed by atoms with van der Waals surface area (Å²) < 4.78 is 0. The summed E-state index contributed by atoms with van der Waals surface area (Å²) in [6.45, 7) is 8.27. The molecule has 142 valence electrons. The minimum absolute atomic E-state index is 0.177. The van der Waals surface area contributed by atoms with Gasteiger partial charge in [-0.3, -0.25) is 19.8 Å². The monoisotopic (exact) mass is 368 g/mol. The van der Waals surface area contributed by atoms with Crippen LogP contribution in [0, 0.1) is 11.3 Å². The minimum Gasteiger partial charge on any atom is -0.368 e. The van der Waals surface area contributed by atoms with Crippen LogP contribution in [0.15, 0.2) is 0 Å². The molecule has 0 saturated carbocycles. The highest BCUT2D eigenvalue weighted by Crippen LogP contribution is 2.40. The van der Waals surface area contributed by atoms with Crippen LogP contribution in [0.1, 0.15) is 46.0 Å². The molecule has 3 N–H and O–H groups in total. The maximum absolute atomic E-state index is 12.3. The van der Waals surface area contributed by atoms with Crippen LogP contribution in [0.2, 0.25) is 0 Å². The van der Waals surface area contributed by atoms with Gasteiger partial charge in [-0.05, 0) is 31.6 Å². The standard InChI is InChI=1S/C18H32N4O2S/c1-13(2)5-9-21-11-18(7-4-15(21)23)6-3-8-22(12-18)17-20-14(10-25-17)16(19)24/h13-14,17,20H,3-12H2,1-2H3,(H2,19,24). The second kappa shape index (κ2) is 7.84. The molecule has 3 heterocycles. The molecular weight excluding hydrogens is 336 g/mol. The van der Waals surface area contributed by atoms with E-state index >= 15 is 0 Å². The van der Waals surface area contributed by atoms with Gasteiger partial charge in [0.1, 0.15) is 5.50 Å². The van der Waals surface area contributed by atoms with Gasteiger partial charge in [-0.15, -0.1) is 11.8 Å². The van der Waals surface area contributed by atoms with Gasteiger partial charge in [-0.2, -0.15) is 0 Å². The van der Waals surface area contributed by atoms with Crippen molar-refractivity contribution in [2.75, 3.05) is 31.9 Å². The Morgan fingerprint density at radius 3 is 2.88 bits per heavy atom. The van der Waals surface area contributed by atoms with Crippen molar-refractivity contribution in [3.05, 3.63) is 0 Å². The van der Waals surface area contributed by atoms with E-state index in [1.807, 2.05) is 0 Å². The lowest BCUT2D eigenvalue weighted by Gasteiger charge is -2.49. The lowest BCUT2D eigenvalue weighted by molar-refractivity contribution is -0.139. The molecule has 0 aromatic carbocycles. The molecule has 0 bridgehead atoms. The number of amides is 2. The minimum atomic E-state index is -0.259. The van der Waals surface area contributed by atoms with E-state index in [9.17, 15) is 9.59 Å². The number of piperidine rings is 2. The summed E-state index contributed by atoms with van der Waals surface area (Å²) in [5.74, 6) is 1.44. The number of carbonyl (C=O) groups is 2. The second-order valence-corrected chi connectivity index (χ2v) is 9.49. The van der Waals surface area contributed by atoms with E-state index < -0.39 is 0 Å². The molecule has 3 saturated heterocycles. The number of rotatable bonds is 5. The molecule has 3 aliphatic heterocycles. The fraction of sp³-hybridized carbons (Fsp3) is 0.889. The van der Waals surface area contributed by atoms with E-state index in [0.29, 0.717) is 18.2 Å². The summed E-state index contributed by atoms with van der Waals surface area (Å²) in [5, 5.41) is 3.38. The van der Waals surface area contributed by atoms with Gasteiger partial charge in [-0.1, -0.05) is 13.8 Å². The van der Waals surface area contributed by atoms with Crippen LogP contribution in [-0.2, 0) is 9.59 Å². The molecule has 0 aliphatic carbocycles. The molecule has 7 heteroatoms. The quantitative estimate of drug-likeness (QED) is 0.763. The predicted octanol–water partition coefficient (Wildman–Crippen LogP) is 1.21. The average molecular weight is 369 g/mol. The summed E-state index contributed by atoms with van der Waals surface area (Å²) in [6, 6.07) is -0.219. The molecule has 0 aromatic heterocycles. The molecule has 6 nitrogen and oxygen atoms in total. The molecule has 25 heavy (non-hydrogen) atoms. The van der Waals surface area contributed by atoms with Crippen LogP contribution in [0.3, 0.4) is 0 Å². The summed E-state index contributed by atoms with van der Waals surface area (Å²) >= 11 is 1.78. The average Bonchev–Trinajstić information content (AvgIpc) is 3.06. The first-order valence-electron chi connectivity index (χ1n) is 9.57. The van der Waals surface area contributed by atoms with Crippen molar-refractivity contribution in [1.29, 1.82) is 0 Å². The molecule has 3 atom stereocenters. The summed E-state index contributed by atoms with van der Waals surface area (Å²) in [6.07, 6.45) is 5.11. The predicted molar refractivity (Wildman–Crippen MR) is 101 cm³/mol. The van der Waals surface area contributed by atoms with Crippen molar-refractivity contribution in [3.63, 3.8) is 0 Å². The fourth-order valence-corrected chi connectivity index (χ4v) is 5.62. The molecule has 3 rings (SSSR count). The number of nitrogens with one attached hydrogen (secondary N) is 1. The van der Waals surface area contributed by atoms with Gasteiger partial charge in [0.25, 0.3) is 0 Å². The van der Waals surface area contributed by atoms with Gasteiger partial charge in [0.2, 0.25) is 11.8 Å². The van der Waals surface area contributed by atoms with Gasteiger partial charge in [0.15, 0.2) is 0 Å². The SMILES string of the molecule is CC(C)CCN1CC2(CCCN(C3NC(C(N)=O)CS3)C2)CCC1=O. The van der Waals surface area contributed by atoms with Crippen molar-refractivity contribution in [2.45, 2.75) is 57.5 Å². The molecule has 1 spiro atoms. The number of likely N-dealkylation sites (tertiary alicyclic amines) is 2. The van der Waals surface area contributed by atoms with Crippen molar-refractivity contribution >= 4 is 23.6 Å². The first kappa shape index (κ1) is 19.0. The molecule has 2 amide bonds. The third kappa shape index (κ3) is 4.49. The van der Waals surface area contributed by atoms with E-state index in [-0.39, 0.29) is 22.9 Å². The first-order valence-corrected chi connectivity index (χ1v) is 10.6. The number of nitrogens with two attached hydrogens (primary N) is 1. The highest BCUT2D eigenvalue weighted by molar-refractivity contribution is 8.00. The van der Waals surface area contributed by atoms with Crippen LogP contribution in [0.5, 0.6) is 0 Å². The Morgan fingerprint density at radius 1 is 1.40 bits per heavy atom. The number of carbonyl (C=O) groups excluding carboxylic acids is 2. The van der Waals surface area contributed by atoms with Crippen molar-refractivity contribution < 1.29 is 9.59 Å². The normalized spacial score (nSPS) is 34.2. The smallest absolute Gasteiger partial charge is 0.235 e. The van der Waals surface area contributed by atoms with E-state index in [1.165, 1.54) is 6.42 Å². The molecule has 3 fully saturated rings. The van der Waals surface area contributed by atoms with E-state index in [1.54, 1.807) is 11.8 Å². The summed E-state index contributed by atoms with van der Waals surface area (Å²) in [5.41, 5.74) is 5.84. The maximum atomic E-state index is 12.3. The van der Waals surface area contributed by atoms with Crippen LogP contribution in [0.4, 0.5) is 0 Å². The van der Waals surface area contributed by atoms with Crippen LogP contribution in [-0.4, -0.2) is 65.1 Å². The Morgan fingerprint density at radius 2 is 2.20 bits per heavy atom. The van der Waals surface area contributed by atoms with E-state index in [4.69, 9.17) is 5.73 Å². The lowest BCUT2D eigenvalue weighted by atomic mass is 9.73. The first-order chi connectivity index (χ1) is 11.9. The zero-order valence-corrected chi connectivity index (χ0v) is 16.3. The lowest BCUT2D eigenvalue weighted by Crippen LogP contribution is -2.57. The Kier molecular flexibility index (Phi) is 5.96. The number of hydrogen-bond donors (Lipinski definition) is 2. The third-order valence-corrected chi connectivity index (χ3v) is 7.13. The zero-order chi connectivity index (χ0) is 18.0. The van der Waals surface area contributed by atoms with Crippen molar-refractivity contribution in [3.8, 4) is 0 Å². The van der Waals surface area contributed by atoms with Gasteiger partial charge >= 0.3 is 0 Å². The number of primary amides is 1. The van der Waals surface area contributed by atoms with Crippen molar-refractivity contribution in [1.82, 2.24) is 15.1 Å². The Bertz CT molecular complexity index is 515. The van der Waals surface area contributed by atoms with E-state index in [2.05, 4.69) is 29.0 Å². The van der Waals surface area contributed by atoms with Crippen LogP contribution in [0.25, 0.3) is 0 Å². The topological polar surface area (TPSA) is 78.7 Å². The van der Waals surface area contributed by atoms with Gasteiger partial charge in [0.05, 0.1) is 6.04 Å². The van der Waals surface area contributed by atoms with Gasteiger partial charge < -0.3 is 10.6 Å². The van der Waals surface area contributed by atoms with Gasteiger partial charge in [-0.25, -0.2) is 0 Å². The zero-order valence-electron chi connectivity index (χ0n) is 15.5. The molecule has 0 radical (unpaired) electrons. The third-order valence-electron chi connectivity index (χ3n) is 5.86. The molecular formula is C18H32N4O2S. The highest BCUT2D eigenvalue weighted by atomic mass is 32.2. The number of nitrogens with zero attached hydrogens (tertiary/aromatic N) is 2. The molecule has 3 unspecified atom stereocenters. The molecule has 3 aliphatic rings. The van der Waals surface area contributed by atoms with Crippen molar-refractivity contribution in [2.24, 2.45) is 17.1 Å². The maximum Gasteiger partial charge on any atom is 0.235 e. The second-order valence-electron chi connectivity index (χ2n) is 8.38. The van der Waals surface area contributed by atoms with Crippen LogP contribution < -0.4 is 11.1 Å². The van der Waals surface area contributed by atoms with E-state index in [0.717, 1.165) is 51.2 Å².